The number of hydrogen-bond acceptors (Lipinski definition) is 3. The first kappa shape index (κ1) is 14.9. The fourth-order valence-corrected chi connectivity index (χ4v) is 1.39. The number of aliphatic carboxylic acids is 1. The number of hydrogen-bond donors (Lipinski definition) is 2. The highest BCUT2D eigenvalue weighted by Gasteiger charge is 2.22. The minimum atomic E-state index is -1.04. The van der Waals surface area contributed by atoms with Crippen molar-refractivity contribution in [1.82, 2.24) is 4.90 Å². The molecule has 16 heavy (non-hydrogen) atoms. The Morgan fingerprint density at radius 1 is 1.38 bits per heavy atom. The van der Waals surface area contributed by atoms with E-state index >= 15 is 0 Å². The summed E-state index contributed by atoms with van der Waals surface area (Å²) >= 11 is 0. The van der Waals surface area contributed by atoms with E-state index in [-0.39, 0.29) is 12.3 Å². The number of carboxylic acids is 1. The smallest absolute Gasteiger partial charge is 0.305 e. The predicted octanol–water partition coefficient (Wildman–Crippen LogP) is 0.683. The Balaban J connectivity index is 4.34. The van der Waals surface area contributed by atoms with E-state index in [1.807, 2.05) is 6.92 Å². The molecule has 0 rings (SSSR count). The van der Waals surface area contributed by atoms with Crippen LogP contribution in [0.15, 0.2) is 0 Å². The Morgan fingerprint density at radius 3 is 2.31 bits per heavy atom. The summed E-state index contributed by atoms with van der Waals surface area (Å²) in [4.78, 5) is 23.9. The van der Waals surface area contributed by atoms with Crippen molar-refractivity contribution in [3.8, 4) is 0 Å². The van der Waals surface area contributed by atoms with Crippen LogP contribution in [0.3, 0.4) is 0 Å². The zero-order valence-electron chi connectivity index (χ0n) is 10.3. The van der Waals surface area contributed by atoms with E-state index in [0.717, 1.165) is 6.42 Å². The molecule has 5 heteroatoms. The van der Waals surface area contributed by atoms with Gasteiger partial charge in [-0.2, -0.15) is 0 Å². The van der Waals surface area contributed by atoms with Crippen molar-refractivity contribution in [1.29, 1.82) is 0 Å². The highest BCUT2D eigenvalue weighted by atomic mass is 16.4. The summed E-state index contributed by atoms with van der Waals surface area (Å²) in [5.74, 6) is -0.911. The standard InChI is InChI=1S/C11H22N2O3/c1-4-8(3)7-13(5-2)11(16)9(12)6-10(14)15/h8-9H,4-7,12H2,1-3H3,(H,14,15). The van der Waals surface area contributed by atoms with Gasteiger partial charge >= 0.3 is 5.97 Å². The molecule has 0 aromatic carbocycles. The van der Waals surface area contributed by atoms with Crippen LogP contribution in [0.4, 0.5) is 0 Å². The van der Waals surface area contributed by atoms with Gasteiger partial charge in [-0.3, -0.25) is 9.59 Å². The monoisotopic (exact) mass is 230 g/mol. The molecule has 0 heterocycles. The van der Waals surface area contributed by atoms with Crippen LogP contribution in [0, 0.1) is 5.92 Å². The van der Waals surface area contributed by atoms with Gasteiger partial charge in [-0.15, -0.1) is 0 Å². The molecule has 0 aromatic heterocycles. The van der Waals surface area contributed by atoms with Gasteiger partial charge in [0.1, 0.15) is 0 Å². The third-order valence-electron chi connectivity index (χ3n) is 2.63. The normalized spacial score (nSPS) is 14.2. The molecule has 0 spiro atoms. The predicted molar refractivity (Wildman–Crippen MR) is 61.9 cm³/mol. The van der Waals surface area contributed by atoms with Crippen LogP contribution in [-0.4, -0.2) is 41.0 Å². The molecule has 2 atom stereocenters. The first-order chi connectivity index (χ1) is 7.42. The van der Waals surface area contributed by atoms with Crippen LogP contribution in [0.2, 0.25) is 0 Å². The largest absolute Gasteiger partial charge is 0.481 e. The van der Waals surface area contributed by atoms with E-state index in [4.69, 9.17) is 10.8 Å². The second kappa shape index (κ2) is 7.22. The molecule has 0 bridgehead atoms. The van der Waals surface area contributed by atoms with Gasteiger partial charge in [0, 0.05) is 13.1 Å². The number of likely N-dealkylation sites (N-methyl/N-ethyl adjacent to an activating group) is 1. The number of carbonyl (C=O) groups is 2. The second-order valence-corrected chi connectivity index (χ2v) is 4.09. The van der Waals surface area contributed by atoms with Gasteiger partial charge in [-0.1, -0.05) is 20.3 Å². The van der Waals surface area contributed by atoms with Crippen LogP contribution in [0.25, 0.3) is 0 Å². The van der Waals surface area contributed by atoms with Crippen molar-refractivity contribution in [3.05, 3.63) is 0 Å². The average Bonchev–Trinajstić information content (AvgIpc) is 2.23. The van der Waals surface area contributed by atoms with E-state index in [9.17, 15) is 9.59 Å². The van der Waals surface area contributed by atoms with Gasteiger partial charge in [0.25, 0.3) is 0 Å². The highest BCUT2D eigenvalue weighted by Crippen LogP contribution is 2.06. The first-order valence-electron chi connectivity index (χ1n) is 5.68. The maximum Gasteiger partial charge on any atom is 0.305 e. The molecule has 2 unspecified atom stereocenters. The minimum Gasteiger partial charge on any atom is -0.481 e. The van der Waals surface area contributed by atoms with Crippen LogP contribution >= 0.6 is 0 Å². The van der Waals surface area contributed by atoms with E-state index in [1.165, 1.54) is 0 Å². The summed E-state index contributed by atoms with van der Waals surface area (Å²) in [6.07, 6.45) is 0.674. The lowest BCUT2D eigenvalue weighted by Crippen LogP contribution is -2.46. The zero-order valence-corrected chi connectivity index (χ0v) is 10.3. The third-order valence-corrected chi connectivity index (χ3v) is 2.63. The van der Waals surface area contributed by atoms with Crippen molar-refractivity contribution in [2.75, 3.05) is 13.1 Å². The van der Waals surface area contributed by atoms with Gasteiger partial charge in [0.2, 0.25) is 5.91 Å². The van der Waals surface area contributed by atoms with Crippen molar-refractivity contribution in [3.63, 3.8) is 0 Å². The van der Waals surface area contributed by atoms with Gasteiger partial charge in [0.05, 0.1) is 12.5 Å². The van der Waals surface area contributed by atoms with Crippen LogP contribution in [0.5, 0.6) is 0 Å². The number of nitrogens with two attached hydrogens (primary N) is 1. The first-order valence-corrected chi connectivity index (χ1v) is 5.68. The minimum absolute atomic E-state index is 0.273. The van der Waals surface area contributed by atoms with Gasteiger partial charge < -0.3 is 15.7 Å². The van der Waals surface area contributed by atoms with Crippen LogP contribution in [0.1, 0.15) is 33.6 Å². The quantitative estimate of drug-likeness (QED) is 0.673. The molecule has 0 aliphatic heterocycles. The number of nitrogens with zero attached hydrogens (tertiary/aromatic N) is 1. The third kappa shape index (κ3) is 5.11. The molecular weight excluding hydrogens is 208 g/mol. The molecule has 94 valence electrons. The number of carbonyl (C=O) groups excluding carboxylic acids is 1. The lowest BCUT2D eigenvalue weighted by molar-refractivity contribution is -0.142. The summed E-state index contributed by atoms with van der Waals surface area (Å²) in [5, 5.41) is 8.56. The molecular formula is C11H22N2O3. The van der Waals surface area contributed by atoms with E-state index in [1.54, 1.807) is 4.90 Å². The van der Waals surface area contributed by atoms with Crippen molar-refractivity contribution in [2.24, 2.45) is 11.7 Å². The fraction of sp³-hybridized carbons (Fsp3) is 0.818. The van der Waals surface area contributed by atoms with Gasteiger partial charge in [0.15, 0.2) is 0 Å². The highest BCUT2D eigenvalue weighted by molar-refractivity contribution is 5.85. The van der Waals surface area contributed by atoms with Crippen molar-refractivity contribution in [2.45, 2.75) is 39.7 Å². The molecule has 0 radical (unpaired) electrons. The molecule has 3 N–H and O–H groups in total. The summed E-state index contributed by atoms with van der Waals surface area (Å²) in [6.45, 7) is 7.18. The maximum absolute atomic E-state index is 11.8. The lowest BCUT2D eigenvalue weighted by Gasteiger charge is -2.26. The molecule has 0 saturated carbocycles. The molecule has 1 amide bonds. The van der Waals surface area contributed by atoms with E-state index in [2.05, 4.69) is 13.8 Å². The fourth-order valence-electron chi connectivity index (χ4n) is 1.39. The summed E-state index contributed by atoms with van der Waals surface area (Å²) in [6, 6.07) is -0.929. The Hall–Kier alpha value is -1.10. The van der Waals surface area contributed by atoms with E-state index in [0.29, 0.717) is 19.0 Å². The Labute approximate surface area is 96.6 Å². The number of amides is 1. The molecule has 0 saturated heterocycles. The maximum atomic E-state index is 11.8. The summed E-state index contributed by atoms with van der Waals surface area (Å²) in [7, 11) is 0. The lowest BCUT2D eigenvalue weighted by atomic mass is 10.1. The Bertz CT molecular complexity index is 243. The number of rotatable bonds is 7. The Kier molecular flexibility index (Phi) is 6.72. The molecule has 0 aliphatic rings. The molecule has 5 nitrogen and oxygen atoms in total. The molecule has 0 aliphatic carbocycles. The van der Waals surface area contributed by atoms with Gasteiger partial charge in [-0.25, -0.2) is 0 Å². The topological polar surface area (TPSA) is 83.6 Å². The van der Waals surface area contributed by atoms with E-state index < -0.39 is 12.0 Å². The molecule has 0 fully saturated rings. The van der Waals surface area contributed by atoms with Crippen molar-refractivity contribution >= 4 is 11.9 Å². The van der Waals surface area contributed by atoms with Crippen LogP contribution in [-0.2, 0) is 9.59 Å². The summed E-state index contributed by atoms with van der Waals surface area (Å²) < 4.78 is 0. The Morgan fingerprint density at radius 2 is 1.94 bits per heavy atom. The van der Waals surface area contributed by atoms with Gasteiger partial charge in [-0.05, 0) is 12.8 Å². The van der Waals surface area contributed by atoms with Crippen LogP contribution < -0.4 is 5.73 Å². The van der Waals surface area contributed by atoms with Crippen molar-refractivity contribution < 1.29 is 14.7 Å². The zero-order chi connectivity index (χ0) is 12.7. The second-order valence-electron chi connectivity index (χ2n) is 4.09. The number of carboxylic acid groups (broad SMARTS) is 1. The average molecular weight is 230 g/mol. The molecule has 0 aromatic rings. The summed E-state index contributed by atoms with van der Waals surface area (Å²) in [5.41, 5.74) is 5.54. The SMILES string of the molecule is CCC(C)CN(CC)C(=O)C(N)CC(=O)O.